The van der Waals surface area contributed by atoms with Gasteiger partial charge in [-0.05, 0) is 61.2 Å². The summed E-state index contributed by atoms with van der Waals surface area (Å²) in [4.78, 5) is 29.8. The molecule has 5 rings (SSSR count). The molecule has 1 saturated carbocycles. The second-order valence-electron chi connectivity index (χ2n) is 9.39. The summed E-state index contributed by atoms with van der Waals surface area (Å²) in [5, 5.41) is 3.17. The van der Waals surface area contributed by atoms with Crippen molar-refractivity contribution >= 4 is 35.3 Å². The van der Waals surface area contributed by atoms with Crippen LogP contribution >= 0.6 is 11.8 Å². The van der Waals surface area contributed by atoms with Gasteiger partial charge in [0.2, 0.25) is 0 Å². The van der Waals surface area contributed by atoms with Crippen molar-refractivity contribution < 1.29 is 9.59 Å². The van der Waals surface area contributed by atoms with Crippen molar-refractivity contribution in [3.05, 3.63) is 100.0 Å². The number of para-hydroxylation sites is 1. The van der Waals surface area contributed by atoms with E-state index in [1.165, 1.54) is 36.6 Å². The van der Waals surface area contributed by atoms with Gasteiger partial charge in [0.05, 0.1) is 17.1 Å². The Morgan fingerprint density at radius 1 is 0.971 bits per heavy atom. The first-order valence-corrected chi connectivity index (χ1v) is 13.2. The molecule has 0 atom stereocenters. The second kappa shape index (κ2) is 10.5. The number of carbonyl (C=O) groups is 2. The number of thioether (sulfide) groups is 1. The predicted molar refractivity (Wildman–Crippen MR) is 143 cm³/mol. The lowest BCUT2D eigenvalue weighted by molar-refractivity contribution is -0.114. The van der Waals surface area contributed by atoms with Crippen molar-refractivity contribution in [1.82, 2.24) is 5.32 Å². The average molecular weight is 483 g/mol. The molecule has 0 unspecified atom stereocenters. The zero-order chi connectivity index (χ0) is 24.2. The van der Waals surface area contributed by atoms with Crippen molar-refractivity contribution in [3.8, 4) is 0 Å². The molecular formula is C30H30N2O2S. The Labute approximate surface area is 211 Å². The van der Waals surface area contributed by atoms with Crippen molar-refractivity contribution in [1.29, 1.82) is 0 Å². The van der Waals surface area contributed by atoms with Gasteiger partial charge >= 0.3 is 0 Å². The number of fused-ring (bicyclic) bond motifs is 1. The Hall–Kier alpha value is -3.31. The van der Waals surface area contributed by atoms with E-state index in [9.17, 15) is 9.59 Å². The lowest BCUT2D eigenvalue weighted by Crippen LogP contribution is -2.36. The fraction of sp³-hybridized carbons (Fsp3) is 0.267. The van der Waals surface area contributed by atoms with E-state index in [4.69, 9.17) is 0 Å². The molecule has 0 spiro atoms. The van der Waals surface area contributed by atoms with Crippen LogP contribution in [0.5, 0.6) is 0 Å². The molecular weight excluding hydrogens is 452 g/mol. The predicted octanol–water partition coefficient (Wildman–Crippen LogP) is 6.74. The molecule has 1 heterocycles. The maximum Gasteiger partial charge on any atom is 0.265 e. The third-order valence-electron chi connectivity index (χ3n) is 6.70. The fourth-order valence-electron chi connectivity index (χ4n) is 4.69. The summed E-state index contributed by atoms with van der Waals surface area (Å²) >= 11 is 1.50. The second-order valence-corrected chi connectivity index (χ2v) is 10.5. The van der Waals surface area contributed by atoms with E-state index in [1.807, 2.05) is 53.4 Å². The normalized spacial score (nSPS) is 17.3. The molecule has 0 radical (unpaired) electrons. The van der Waals surface area contributed by atoms with E-state index in [0.29, 0.717) is 17.0 Å². The number of hydrogen-bond acceptors (Lipinski definition) is 3. The van der Waals surface area contributed by atoms with E-state index in [-0.39, 0.29) is 17.9 Å². The monoisotopic (exact) mass is 482 g/mol. The average Bonchev–Trinajstić information content (AvgIpc) is 2.88. The van der Waals surface area contributed by atoms with E-state index < -0.39 is 0 Å². The van der Waals surface area contributed by atoms with Crippen molar-refractivity contribution in [3.63, 3.8) is 0 Å². The van der Waals surface area contributed by atoms with Crippen LogP contribution in [0.1, 0.15) is 59.2 Å². The molecule has 178 valence electrons. The van der Waals surface area contributed by atoms with Gasteiger partial charge in [0.25, 0.3) is 11.8 Å². The number of benzene rings is 3. The molecule has 1 fully saturated rings. The summed E-state index contributed by atoms with van der Waals surface area (Å²) in [5.74, 6) is -0.0224. The van der Waals surface area contributed by atoms with Gasteiger partial charge in [-0.25, -0.2) is 0 Å². The number of rotatable bonds is 5. The zero-order valence-corrected chi connectivity index (χ0v) is 20.8. The molecule has 3 aromatic carbocycles. The Morgan fingerprint density at radius 3 is 2.43 bits per heavy atom. The quantitative estimate of drug-likeness (QED) is 0.410. The number of carbonyl (C=O) groups excluding carboxylic acids is 2. The summed E-state index contributed by atoms with van der Waals surface area (Å²) in [6, 6.07) is 24.2. The summed E-state index contributed by atoms with van der Waals surface area (Å²) < 4.78 is 0. The van der Waals surface area contributed by atoms with Crippen LogP contribution in [0.15, 0.2) is 82.6 Å². The number of nitrogens with zero attached hydrogens (tertiary/aromatic N) is 1. The molecule has 35 heavy (non-hydrogen) atoms. The molecule has 2 amide bonds. The maximum absolute atomic E-state index is 13.5. The highest BCUT2D eigenvalue weighted by molar-refractivity contribution is 8.04. The van der Waals surface area contributed by atoms with Gasteiger partial charge in [-0.15, -0.1) is 0 Å². The first-order chi connectivity index (χ1) is 17.1. The van der Waals surface area contributed by atoms with Gasteiger partial charge in [0, 0.05) is 16.5 Å². The Bertz CT molecular complexity index is 1240. The summed E-state index contributed by atoms with van der Waals surface area (Å²) in [7, 11) is 0. The van der Waals surface area contributed by atoms with Gasteiger partial charge in [-0.3, -0.25) is 9.59 Å². The SMILES string of the molecule is Cc1ccc(CN2C(=O)/C(=C\c3ccc(C(=O)NC4CCCCC4)cc3)Sc3ccccc32)cc1. The molecule has 5 heteroatoms. The topological polar surface area (TPSA) is 49.4 Å². The fourth-order valence-corrected chi connectivity index (χ4v) is 5.75. The number of hydrogen-bond donors (Lipinski definition) is 1. The summed E-state index contributed by atoms with van der Waals surface area (Å²) in [5.41, 5.74) is 4.80. The van der Waals surface area contributed by atoms with Crippen LogP contribution in [0, 0.1) is 6.92 Å². The third kappa shape index (κ3) is 5.51. The Morgan fingerprint density at radius 2 is 1.69 bits per heavy atom. The van der Waals surface area contributed by atoms with Crippen LogP contribution in [-0.4, -0.2) is 17.9 Å². The number of nitrogens with one attached hydrogen (secondary N) is 1. The smallest absolute Gasteiger partial charge is 0.265 e. The minimum atomic E-state index is -0.0163. The third-order valence-corrected chi connectivity index (χ3v) is 7.78. The van der Waals surface area contributed by atoms with E-state index in [0.717, 1.165) is 34.6 Å². The first-order valence-electron chi connectivity index (χ1n) is 12.3. The van der Waals surface area contributed by atoms with Crippen molar-refractivity contribution in [2.45, 2.75) is 56.5 Å². The molecule has 1 aliphatic carbocycles. The van der Waals surface area contributed by atoms with Gasteiger partial charge in [-0.1, -0.05) is 85.1 Å². The van der Waals surface area contributed by atoms with Crippen LogP contribution in [-0.2, 0) is 11.3 Å². The van der Waals surface area contributed by atoms with Crippen molar-refractivity contribution in [2.75, 3.05) is 4.90 Å². The van der Waals surface area contributed by atoms with Crippen LogP contribution in [0.4, 0.5) is 5.69 Å². The van der Waals surface area contributed by atoms with E-state index >= 15 is 0 Å². The van der Waals surface area contributed by atoms with Gasteiger partial charge in [0.15, 0.2) is 0 Å². The number of anilines is 1. The Balaban J connectivity index is 1.35. The van der Waals surface area contributed by atoms with Crippen LogP contribution < -0.4 is 10.2 Å². The Kier molecular flexibility index (Phi) is 7.05. The van der Waals surface area contributed by atoms with Gasteiger partial charge < -0.3 is 10.2 Å². The molecule has 0 saturated heterocycles. The highest BCUT2D eigenvalue weighted by Crippen LogP contribution is 2.42. The molecule has 2 aliphatic rings. The number of amides is 2. The number of aryl methyl sites for hydroxylation is 1. The summed E-state index contributed by atoms with van der Waals surface area (Å²) in [6.07, 6.45) is 7.69. The van der Waals surface area contributed by atoms with Crippen LogP contribution in [0.3, 0.4) is 0 Å². The molecule has 3 aromatic rings. The minimum absolute atomic E-state index is 0.00612. The first kappa shape index (κ1) is 23.4. The largest absolute Gasteiger partial charge is 0.349 e. The lowest BCUT2D eigenvalue weighted by atomic mass is 9.95. The van der Waals surface area contributed by atoms with Crippen LogP contribution in [0.2, 0.25) is 0 Å². The highest BCUT2D eigenvalue weighted by atomic mass is 32.2. The molecule has 0 bridgehead atoms. The highest BCUT2D eigenvalue weighted by Gasteiger charge is 2.29. The standard InChI is InChI=1S/C30H30N2O2S/c1-21-11-13-23(14-12-21)20-32-26-9-5-6-10-27(26)35-28(30(32)34)19-22-15-17-24(18-16-22)29(33)31-25-7-3-2-4-8-25/h5-6,9-19,25H,2-4,7-8,20H2,1H3,(H,31,33)/b28-19+. The molecule has 0 aromatic heterocycles. The van der Waals surface area contributed by atoms with Crippen LogP contribution in [0.25, 0.3) is 6.08 Å². The molecule has 1 N–H and O–H groups in total. The van der Waals surface area contributed by atoms with Gasteiger partial charge in [-0.2, -0.15) is 0 Å². The molecule has 4 nitrogen and oxygen atoms in total. The lowest BCUT2D eigenvalue weighted by Gasteiger charge is -2.30. The minimum Gasteiger partial charge on any atom is -0.349 e. The zero-order valence-electron chi connectivity index (χ0n) is 20.0. The molecule has 1 aliphatic heterocycles. The summed E-state index contributed by atoms with van der Waals surface area (Å²) in [6.45, 7) is 2.59. The van der Waals surface area contributed by atoms with E-state index in [1.54, 1.807) is 0 Å². The van der Waals surface area contributed by atoms with E-state index in [2.05, 4.69) is 42.6 Å². The maximum atomic E-state index is 13.5. The van der Waals surface area contributed by atoms with Crippen molar-refractivity contribution in [2.24, 2.45) is 0 Å². The van der Waals surface area contributed by atoms with Gasteiger partial charge in [0.1, 0.15) is 0 Å².